The molecular formula is C15H20N6O3. The van der Waals surface area contributed by atoms with Crippen LogP contribution in [0.4, 0.5) is 10.5 Å². The van der Waals surface area contributed by atoms with Crippen LogP contribution in [0.25, 0.3) is 0 Å². The van der Waals surface area contributed by atoms with Crippen molar-refractivity contribution in [1.29, 1.82) is 0 Å². The second-order valence-electron chi connectivity index (χ2n) is 5.32. The highest BCUT2D eigenvalue weighted by Crippen LogP contribution is 2.23. The van der Waals surface area contributed by atoms with Gasteiger partial charge in [-0.3, -0.25) is 0 Å². The Bertz CT molecular complexity index is 704. The number of pyridine rings is 1. The van der Waals surface area contributed by atoms with Crippen molar-refractivity contribution in [3.05, 3.63) is 30.5 Å². The molecule has 3 heterocycles. The van der Waals surface area contributed by atoms with E-state index in [0.29, 0.717) is 43.7 Å². The first-order chi connectivity index (χ1) is 11.7. The molecule has 2 amide bonds. The summed E-state index contributed by atoms with van der Waals surface area (Å²) in [5.74, 6) is 1.11. The van der Waals surface area contributed by atoms with Crippen LogP contribution in [0.15, 0.2) is 24.7 Å². The summed E-state index contributed by atoms with van der Waals surface area (Å²) < 4.78 is 12.9. The Labute approximate surface area is 139 Å². The molecule has 0 bridgehead atoms. The lowest BCUT2D eigenvalue weighted by atomic mass is 10.2. The number of carbonyl (C=O) groups excluding carboxylic acids is 1. The molecule has 1 aliphatic rings. The van der Waals surface area contributed by atoms with E-state index in [4.69, 9.17) is 9.47 Å². The average molecular weight is 332 g/mol. The lowest BCUT2D eigenvalue weighted by molar-refractivity contribution is -0.0196. The third-order valence-corrected chi connectivity index (χ3v) is 3.68. The number of rotatable bonds is 4. The zero-order chi connectivity index (χ0) is 16.9. The molecule has 1 saturated heterocycles. The third-order valence-electron chi connectivity index (χ3n) is 3.68. The fraction of sp³-hybridized carbons (Fsp3) is 0.467. The van der Waals surface area contributed by atoms with Crippen LogP contribution in [-0.4, -0.2) is 57.0 Å². The molecule has 1 unspecified atom stereocenters. The van der Waals surface area contributed by atoms with Crippen LogP contribution in [0.1, 0.15) is 18.9 Å². The fourth-order valence-electron chi connectivity index (χ4n) is 2.51. The molecule has 0 saturated carbocycles. The van der Waals surface area contributed by atoms with Crippen LogP contribution >= 0.6 is 0 Å². The van der Waals surface area contributed by atoms with E-state index < -0.39 is 0 Å². The van der Waals surface area contributed by atoms with Gasteiger partial charge in [-0.05, 0) is 19.1 Å². The third kappa shape index (κ3) is 3.46. The molecule has 9 heteroatoms. The predicted molar refractivity (Wildman–Crippen MR) is 85.7 cm³/mol. The standard InChI is InChI=1S/C15H20N6O3/c1-3-23-14-11(5-4-6-16-14)18-15(22)21-7-8-24-12(9-21)13-19-17-10-20(13)2/h4-6,10,12H,3,7-9H2,1-2H3,(H,18,22). The minimum absolute atomic E-state index is 0.223. The number of urea groups is 1. The molecule has 1 N–H and O–H groups in total. The van der Waals surface area contributed by atoms with E-state index in [1.165, 1.54) is 0 Å². The molecule has 24 heavy (non-hydrogen) atoms. The van der Waals surface area contributed by atoms with Gasteiger partial charge in [0.05, 0.1) is 19.8 Å². The number of morpholine rings is 1. The Balaban J connectivity index is 1.68. The maximum atomic E-state index is 12.6. The number of aryl methyl sites for hydroxylation is 1. The molecule has 0 radical (unpaired) electrons. The SMILES string of the molecule is CCOc1ncccc1NC(=O)N1CCOC(c2nncn2C)C1. The second-order valence-corrected chi connectivity index (χ2v) is 5.32. The fourth-order valence-corrected chi connectivity index (χ4v) is 2.51. The van der Waals surface area contributed by atoms with E-state index in [1.54, 1.807) is 34.1 Å². The van der Waals surface area contributed by atoms with Crippen molar-refractivity contribution in [1.82, 2.24) is 24.6 Å². The predicted octanol–water partition coefficient (Wildman–Crippen LogP) is 1.21. The van der Waals surface area contributed by atoms with Crippen LogP contribution in [0.5, 0.6) is 5.88 Å². The Hall–Kier alpha value is -2.68. The number of carbonyl (C=O) groups is 1. The lowest BCUT2D eigenvalue weighted by Crippen LogP contribution is -2.44. The summed E-state index contributed by atoms with van der Waals surface area (Å²) in [7, 11) is 1.85. The number of nitrogens with zero attached hydrogens (tertiary/aromatic N) is 5. The summed E-state index contributed by atoms with van der Waals surface area (Å²) in [6, 6.07) is 3.29. The van der Waals surface area contributed by atoms with Gasteiger partial charge in [0.15, 0.2) is 5.82 Å². The average Bonchev–Trinajstić information content (AvgIpc) is 3.03. The van der Waals surface area contributed by atoms with Gasteiger partial charge in [-0.15, -0.1) is 10.2 Å². The summed E-state index contributed by atoms with van der Waals surface area (Å²) in [4.78, 5) is 18.4. The van der Waals surface area contributed by atoms with E-state index in [9.17, 15) is 4.79 Å². The zero-order valence-corrected chi connectivity index (χ0v) is 13.7. The van der Waals surface area contributed by atoms with Gasteiger partial charge in [0.1, 0.15) is 18.1 Å². The van der Waals surface area contributed by atoms with Crippen LogP contribution in [-0.2, 0) is 11.8 Å². The summed E-state index contributed by atoms with van der Waals surface area (Å²) >= 11 is 0. The van der Waals surface area contributed by atoms with Gasteiger partial charge < -0.3 is 24.3 Å². The number of anilines is 1. The molecule has 3 rings (SSSR count). The largest absolute Gasteiger partial charge is 0.476 e. The summed E-state index contributed by atoms with van der Waals surface area (Å²) in [6.45, 7) is 3.70. The summed E-state index contributed by atoms with van der Waals surface area (Å²) in [5, 5.41) is 10.8. The van der Waals surface area contributed by atoms with Crippen molar-refractivity contribution in [3.63, 3.8) is 0 Å². The molecule has 1 atom stereocenters. The van der Waals surface area contributed by atoms with Crippen molar-refractivity contribution in [2.45, 2.75) is 13.0 Å². The molecule has 128 valence electrons. The highest BCUT2D eigenvalue weighted by atomic mass is 16.5. The van der Waals surface area contributed by atoms with E-state index in [2.05, 4.69) is 20.5 Å². The number of aromatic nitrogens is 4. The minimum Gasteiger partial charge on any atom is -0.476 e. The molecule has 1 fully saturated rings. The molecular weight excluding hydrogens is 312 g/mol. The quantitative estimate of drug-likeness (QED) is 0.904. The molecule has 0 aromatic carbocycles. The van der Waals surface area contributed by atoms with Crippen LogP contribution in [0.2, 0.25) is 0 Å². The minimum atomic E-state index is -0.294. The maximum absolute atomic E-state index is 12.6. The Morgan fingerprint density at radius 1 is 1.54 bits per heavy atom. The molecule has 2 aromatic heterocycles. The van der Waals surface area contributed by atoms with Gasteiger partial charge in [0.2, 0.25) is 5.88 Å². The van der Waals surface area contributed by atoms with E-state index in [1.807, 2.05) is 14.0 Å². The smallest absolute Gasteiger partial charge is 0.322 e. The molecule has 0 spiro atoms. The second kappa shape index (κ2) is 7.26. The number of hydrogen-bond donors (Lipinski definition) is 1. The molecule has 0 aliphatic carbocycles. The number of nitrogens with one attached hydrogen (secondary N) is 1. The monoisotopic (exact) mass is 332 g/mol. The maximum Gasteiger partial charge on any atom is 0.322 e. The van der Waals surface area contributed by atoms with Crippen LogP contribution < -0.4 is 10.1 Å². The van der Waals surface area contributed by atoms with Gasteiger partial charge in [-0.1, -0.05) is 0 Å². The van der Waals surface area contributed by atoms with E-state index >= 15 is 0 Å². The first-order valence-corrected chi connectivity index (χ1v) is 7.78. The topological polar surface area (TPSA) is 94.4 Å². The Morgan fingerprint density at radius 2 is 2.42 bits per heavy atom. The first-order valence-electron chi connectivity index (χ1n) is 7.78. The van der Waals surface area contributed by atoms with Crippen LogP contribution in [0.3, 0.4) is 0 Å². The summed E-state index contributed by atoms with van der Waals surface area (Å²) in [5.41, 5.74) is 0.547. The number of ether oxygens (including phenoxy) is 2. The first kappa shape index (κ1) is 16.2. The molecule has 9 nitrogen and oxygen atoms in total. The van der Waals surface area contributed by atoms with Crippen LogP contribution in [0, 0.1) is 0 Å². The van der Waals surface area contributed by atoms with Gasteiger partial charge in [0, 0.05) is 19.8 Å². The number of amides is 2. The van der Waals surface area contributed by atoms with Gasteiger partial charge in [-0.25, -0.2) is 9.78 Å². The highest BCUT2D eigenvalue weighted by Gasteiger charge is 2.28. The highest BCUT2D eigenvalue weighted by molar-refractivity contribution is 5.90. The van der Waals surface area contributed by atoms with Crippen molar-refractivity contribution >= 4 is 11.7 Å². The lowest BCUT2D eigenvalue weighted by Gasteiger charge is -2.32. The van der Waals surface area contributed by atoms with E-state index in [0.717, 1.165) is 0 Å². The Morgan fingerprint density at radius 3 is 3.17 bits per heavy atom. The van der Waals surface area contributed by atoms with E-state index in [-0.39, 0.29) is 12.1 Å². The van der Waals surface area contributed by atoms with Crippen molar-refractivity contribution < 1.29 is 14.3 Å². The van der Waals surface area contributed by atoms with Crippen molar-refractivity contribution in [2.24, 2.45) is 7.05 Å². The number of hydrogen-bond acceptors (Lipinski definition) is 6. The van der Waals surface area contributed by atoms with Crippen molar-refractivity contribution in [3.8, 4) is 5.88 Å². The van der Waals surface area contributed by atoms with Gasteiger partial charge >= 0.3 is 6.03 Å². The van der Waals surface area contributed by atoms with Gasteiger partial charge in [-0.2, -0.15) is 0 Å². The molecule has 2 aromatic rings. The zero-order valence-electron chi connectivity index (χ0n) is 13.7. The van der Waals surface area contributed by atoms with Gasteiger partial charge in [0.25, 0.3) is 0 Å². The normalized spacial score (nSPS) is 17.6. The summed E-state index contributed by atoms with van der Waals surface area (Å²) in [6.07, 6.45) is 2.94. The Kier molecular flexibility index (Phi) is 4.90. The van der Waals surface area contributed by atoms with Crippen molar-refractivity contribution in [2.75, 3.05) is 31.6 Å². The molecule has 1 aliphatic heterocycles.